The SMILES string of the molecule is CCCCCC/C=C\CCCCCCCCCC(=O)OC1C(OCC(NC(=O)C(O)CCCCCCCCCCCCCCCC/C=C/CCCCCCCC)C(O)/C=C/CCCCCCCCCCCC)OC(CO)C(O)C1O. The molecule has 6 N–H and O–H groups in total. The van der Waals surface area contributed by atoms with Crippen LogP contribution >= 0.6 is 0 Å². The number of rotatable bonds is 59. The number of allylic oxidation sites excluding steroid dienone is 5. The van der Waals surface area contributed by atoms with Gasteiger partial charge in [0.2, 0.25) is 5.91 Å². The van der Waals surface area contributed by atoms with Crippen LogP contribution in [0.25, 0.3) is 0 Å². The Morgan fingerprint density at radius 2 is 0.825 bits per heavy atom. The Morgan fingerprint density at radius 1 is 0.475 bits per heavy atom. The highest BCUT2D eigenvalue weighted by Gasteiger charge is 2.47. The van der Waals surface area contributed by atoms with E-state index in [1.54, 1.807) is 6.08 Å². The van der Waals surface area contributed by atoms with Crippen LogP contribution in [0.4, 0.5) is 0 Å². The molecule has 1 amide bonds. The van der Waals surface area contributed by atoms with Gasteiger partial charge in [-0.25, -0.2) is 0 Å². The van der Waals surface area contributed by atoms with Crippen LogP contribution in [0.15, 0.2) is 36.5 Å². The first-order valence-corrected chi connectivity index (χ1v) is 34.3. The summed E-state index contributed by atoms with van der Waals surface area (Å²) in [5, 5.41) is 57.1. The Labute approximate surface area is 492 Å². The summed E-state index contributed by atoms with van der Waals surface area (Å²) in [6, 6.07) is -1.02. The molecule has 1 saturated heterocycles. The molecule has 11 nitrogen and oxygen atoms in total. The van der Waals surface area contributed by atoms with Crippen LogP contribution in [-0.4, -0.2) is 99.6 Å². The van der Waals surface area contributed by atoms with E-state index in [0.717, 1.165) is 70.6 Å². The number of aliphatic hydroxyl groups excluding tert-OH is 5. The van der Waals surface area contributed by atoms with Gasteiger partial charge in [-0.05, 0) is 77.0 Å². The van der Waals surface area contributed by atoms with Crippen molar-refractivity contribution in [1.82, 2.24) is 5.32 Å². The standard InChI is InChI=1S/C69H129NO10/c1-4-7-10-13-16-19-22-25-27-28-29-30-31-32-33-34-35-37-38-41-44-47-50-53-56-62(73)68(77)70-60(61(72)55-52-49-46-43-40-24-21-18-15-12-9-6-3)59-78-69-67(66(76)65(75)63(58-71)79-69)80-64(74)57-54-51-48-45-42-39-36-26-23-20-17-14-11-8-5-2/h20,23,25,27,52,55,60-63,65-67,69,71-73,75-76H,4-19,21-22,24,26,28-51,53-54,56-59H2,1-3H3,(H,70,77)/b23-20-,27-25+,55-52+. The molecular weight excluding hydrogens is 1000 g/mol. The zero-order chi connectivity index (χ0) is 58.2. The van der Waals surface area contributed by atoms with Gasteiger partial charge in [-0.2, -0.15) is 0 Å². The first-order chi connectivity index (χ1) is 39.2. The van der Waals surface area contributed by atoms with Gasteiger partial charge in [-0.1, -0.05) is 282 Å². The fraction of sp³-hybridized carbons (Fsp3) is 0.884. The van der Waals surface area contributed by atoms with Crippen LogP contribution in [0.5, 0.6) is 0 Å². The lowest BCUT2D eigenvalue weighted by atomic mass is 9.99. The smallest absolute Gasteiger partial charge is 0.306 e. The largest absolute Gasteiger partial charge is 0.454 e. The molecule has 0 spiro atoms. The third-order valence-corrected chi connectivity index (χ3v) is 16.3. The number of nitrogens with one attached hydrogen (secondary N) is 1. The Balaban J connectivity index is 2.58. The van der Waals surface area contributed by atoms with E-state index in [-0.39, 0.29) is 13.0 Å². The molecule has 0 aromatic carbocycles. The molecule has 0 radical (unpaired) electrons. The highest BCUT2D eigenvalue weighted by molar-refractivity contribution is 5.80. The minimum atomic E-state index is -1.61. The minimum Gasteiger partial charge on any atom is -0.454 e. The van der Waals surface area contributed by atoms with E-state index in [1.807, 2.05) is 6.08 Å². The number of unbranched alkanes of at least 4 members (excludes halogenated alkanes) is 41. The number of esters is 1. The van der Waals surface area contributed by atoms with E-state index >= 15 is 0 Å². The normalized spacial score (nSPS) is 18.9. The lowest BCUT2D eigenvalue weighted by Crippen LogP contribution is -2.61. The van der Waals surface area contributed by atoms with Gasteiger partial charge >= 0.3 is 5.97 Å². The molecule has 1 fully saturated rings. The summed E-state index contributed by atoms with van der Waals surface area (Å²) in [6.45, 7) is 5.80. The highest BCUT2D eigenvalue weighted by atomic mass is 16.7. The van der Waals surface area contributed by atoms with Gasteiger partial charge in [0, 0.05) is 6.42 Å². The van der Waals surface area contributed by atoms with E-state index in [4.69, 9.17) is 14.2 Å². The average Bonchev–Trinajstić information content (AvgIpc) is 3.48. The second kappa shape index (κ2) is 57.3. The number of hydrogen-bond acceptors (Lipinski definition) is 10. The van der Waals surface area contributed by atoms with Gasteiger partial charge in [-0.3, -0.25) is 9.59 Å². The van der Waals surface area contributed by atoms with Gasteiger partial charge in [0.15, 0.2) is 12.4 Å². The number of carbonyl (C=O) groups is 2. The zero-order valence-corrected chi connectivity index (χ0v) is 52.2. The average molecular weight is 1130 g/mol. The Kier molecular flexibility index (Phi) is 54.4. The van der Waals surface area contributed by atoms with Gasteiger partial charge in [0.1, 0.15) is 24.4 Å². The van der Waals surface area contributed by atoms with E-state index in [0.29, 0.717) is 19.3 Å². The summed E-state index contributed by atoms with van der Waals surface area (Å²) in [4.78, 5) is 26.6. The third kappa shape index (κ3) is 44.4. The van der Waals surface area contributed by atoms with Crippen molar-refractivity contribution in [2.75, 3.05) is 13.2 Å². The molecule has 80 heavy (non-hydrogen) atoms. The number of aliphatic hydroxyl groups is 5. The highest BCUT2D eigenvalue weighted by Crippen LogP contribution is 2.26. The second-order valence-electron chi connectivity index (χ2n) is 23.9. The van der Waals surface area contributed by atoms with Crippen LogP contribution in [0.2, 0.25) is 0 Å². The van der Waals surface area contributed by atoms with Gasteiger partial charge in [0.25, 0.3) is 0 Å². The van der Waals surface area contributed by atoms with Crippen LogP contribution in [0, 0.1) is 0 Å². The number of hydrogen-bond donors (Lipinski definition) is 6. The van der Waals surface area contributed by atoms with Crippen molar-refractivity contribution in [1.29, 1.82) is 0 Å². The van der Waals surface area contributed by atoms with Crippen molar-refractivity contribution in [2.24, 2.45) is 0 Å². The fourth-order valence-corrected chi connectivity index (χ4v) is 10.8. The van der Waals surface area contributed by atoms with Gasteiger partial charge in [0.05, 0.1) is 25.4 Å². The molecular formula is C69H129NO10. The monoisotopic (exact) mass is 1130 g/mol. The fourth-order valence-electron chi connectivity index (χ4n) is 10.8. The molecule has 1 aliphatic heterocycles. The van der Waals surface area contributed by atoms with Gasteiger partial charge in [-0.15, -0.1) is 0 Å². The summed E-state index contributed by atoms with van der Waals surface area (Å²) >= 11 is 0. The van der Waals surface area contributed by atoms with E-state index in [2.05, 4.69) is 50.4 Å². The Morgan fingerprint density at radius 3 is 1.23 bits per heavy atom. The number of ether oxygens (including phenoxy) is 3. The topological polar surface area (TPSA) is 175 Å². The molecule has 8 unspecified atom stereocenters. The van der Waals surface area contributed by atoms with Crippen LogP contribution in [-0.2, 0) is 23.8 Å². The molecule has 0 saturated carbocycles. The minimum absolute atomic E-state index is 0.121. The number of amides is 1. The summed E-state index contributed by atoms with van der Waals surface area (Å²) in [5.41, 5.74) is 0. The lowest BCUT2D eigenvalue weighted by Gasteiger charge is -2.41. The van der Waals surface area contributed by atoms with Crippen LogP contribution < -0.4 is 5.32 Å². The molecule has 1 aliphatic rings. The van der Waals surface area contributed by atoms with Crippen molar-refractivity contribution in [3.63, 3.8) is 0 Å². The van der Waals surface area contributed by atoms with E-state index in [1.165, 1.54) is 212 Å². The first kappa shape index (κ1) is 75.9. The number of carbonyl (C=O) groups excluding carboxylic acids is 2. The van der Waals surface area contributed by atoms with Crippen molar-refractivity contribution >= 4 is 11.9 Å². The third-order valence-electron chi connectivity index (χ3n) is 16.3. The zero-order valence-electron chi connectivity index (χ0n) is 52.2. The van der Waals surface area contributed by atoms with E-state index in [9.17, 15) is 35.1 Å². The molecule has 0 aliphatic carbocycles. The van der Waals surface area contributed by atoms with Crippen LogP contribution in [0.1, 0.15) is 329 Å². The molecule has 470 valence electrons. The first-order valence-electron chi connectivity index (χ1n) is 34.3. The van der Waals surface area contributed by atoms with Gasteiger partial charge < -0.3 is 45.1 Å². The van der Waals surface area contributed by atoms with Crippen molar-refractivity contribution in [2.45, 2.75) is 378 Å². The van der Waals surface area contributed by atoms with Crippen molar-refractivity contribution in [3.8, 4) is 0 Å². The summed E-state index contributed by atoms with van der Waals surface area (Å²) in [6.07, 6.45) is 59.0. The molecule has 0 aromatic heterocycles. The maximum Gasteiger partial charge on any atom is 0.306 e. The Hall–Kier alpha value is -2.12. The Bertz CT molecular complexity index is 1440. The maximum absolute atomic E-state index is 13.5. The maximum atomic E-state index is 13.5. The summed E-state index contributed by atoms with van der Waals surface area (Å²) < 4.78 is 17.7. The predicted octanol–water partition coefficient (Wildman–Crippen LogP) is 17.0. The molecule has 1 rings (SSSR count). The second-order valence-corrected chi connectivity index (χ2v) is 23.9. The summed E-state index contributed by atoms with van der Waals surface area (Å²) in [7, 11) is 0. The van der Waals surface area contributed by atoms with Crippen molar-refractivity contribution in [3.05, 3.63) is 36.5 Å². The van der Waals surface area contributed by atoms with Crippen molar-refractivity contribution < 1.29 is 49.3 Å². The molecule has 1 heterocycles. The predicted molar refractivity (Wildman–Crippen MR) is 334 cm³/mol. The summed E-state index contributed by atoms with van der Waals surface area (Å²) in [5.74, 6) is -1.19. The lowest BCUT2D eigenvalue weighted by molar-refractivity contribution is -0.305. The van der Waals surface area contributed by atoms with E-state index < -0.39 is 67.4 Å². The molecule has 0 bridgehead atoms. The quantitative estimate of drug-likeness (QED) is 0.0195. The molecule has 8 atom stereocenters. The molecule has 11 heteroatoms. The van der Waals surface area contributed by atoms with Crippen LogP contribution in [0.3, 0.4) is 0 Å². The molecule has 0 aromatic rings.